The summed E-state index contributed by atoms with van der Waals surface area (Å²) in [5, 5.41) is 30.5. The Hall–Kier alpha value is -0.200. The first-order valence-electron chi connectivity index (χ1n) is 4.78. The van der Waals surface area contributed by atoms with Gasteiger partial charge in [0.2, 0.25) is 0 Å². The number of β-amino-alcohol motifs (C(OH)–C–C–N with tert-alkyl or cyclic N) is 1. The molecule has 0 saturated carbocycles. The van der Waals surface area contributed by atoms with Crippen molar-refractivity contribution in [2.75, 3.05) is 33.5 Å². The lowest BCUT2D eigenvalue weighted by Gasteiger charge is -2.30. The molecule has 14 heavy (non-hydrogen) atoms. The van der Waals surface area contributed by atoms with Gasteiger partial charge >= 0.3 is 0 Å². The molecule has 0 aliphatic rings. The minimum absolute atomic E-state index is 0.153. The van der Waals surface area contributed by atoms with Crippen LogP contribution in [0.4, 0.5) is 0 Å². The average molecular weight is 207 g/mol. The zero-order chi connectivity index (χ0) is 11.0. The van der Waals surface area contributed by atoms with E-state index >= 15 is 0 Å². The summed E-state index contributed by atoms with van der Waals surface area (Å²) in [5.41, 5.74) is -0.700. The first-order valence-corrected chi connectivity index (χ1v) is 4.78. The van der Waals surface area contributed by atoms with Crippen molar-refractivity contribution in [2.45, 2.75) is 25.0 Å². The lowest BCUT2D eigenvalue weighted by Crippen LogP contribution is -2.53. The minimum Gasteiger partial charge on any atom is -0.394 e. The molecule has 0 heterocycles. The van der Waals surface area contributed by atoms with E-state index in [1.54, 1.807) is 0 Å². The molecule has 0 fully saturated rings. The van der Waals surface area contributed by atoms with E-state index in [-0.39, 0.29) is 19.8 Å². The fourth-order valence-electron chi connectivity index (χ4n) is 1.10. The second kappa shape index (κ2) is 7.14. The summed E-state index contributed by atoms with van der Waals surface area (Å²) in [6, 6.07) is 0. The number of aliphatic hydroxyl groups is 3. The van der Waals surface area contributed by atoms with Crippen molar-refractivity contribution in [3.05, 3.63) is 0 Å². The first kappa shape index (κ1) is 13.8. The van der Waals surface area contributed by atoms with Crippen molar-refractivity contribution in [1.82, 2.24) is 5.32 Å². The number of hydrogen-bond donors (Lipinski definition) is 4. The molecule has 0 rings (SSSR count). The summed E-state index contributed by atoms with van der Waals surface area (Å²) in [7, 11) is 1.51. The summed E-state index contributed by atoms with van der Waals surface area (Å²) in [4.78, 5) is 0. The third-order valence-electron chi connectivity index (χ3n) is 2.35. The summed E-state index contributed by atoms with van der Waals surface area (Å²) in [5.74, 6) is 0. The molecular weight excluding hydrogens is 186 g/mol. The predicted octanol–water partition coefficient (Wildman–Crippen LogP) is -1.28. The Bertz CT molecular complexity index is 131. The van der Waals surface area contributed by atoms with Crippen molar-refractivity contribution < 1.29 is 20.1 Å². The highest BCUT2D eigenvalue weighted by Gasteiger charge is 2.26. The van der Waals surface area contributed by atoms with Gasteiger partial charge in [0.1, 0.15) is 0 Å². The van der Waals surface area contributed by atoms with Gasteiger partial charge in [0.25, 0.3) is 0 Å². The Morgan fingerprint density at radius 1 is 1.36 bits per heavy atom. The molecule has 1 atom stereocenters. The van der Waals surface area contributed by atoms with Crippen LogP contribution in [0.3, 0.4) is 0 Å². The molecule has 5 nitrogen and oxygen atoms in total. The Morgan fingerprint density at radius 3 is 2.29 bits per heavy atom. The average Bonchev–Trinajstić information content (AvgIpc) is 2.21. The molecule has 0 aromatic carbocycles. The van der Waals surface area contributed by atoms with E-state index in [9.17, 15) is 5.11 Å². The second-order valence-corrected chi connectivity index (χ2v) is 3.44. The minimum atomic E-state index is -0.700. The predicted molar refractivity (Wildman–Crippen MR) is 53.1 cm³/mol. The third-order valence-corrected chi connectivity index (χ3v) is 2.35. The van der Waals surface area contributed by atoms with Gasteiger partial charge in [-0.05, 0) is 6.42 Å². The molecule has 5 heteroatoms. The molecule has 0 bridgehead atoms. The molecule has 4 N–H and O–H groups in total. The highest BCUT2D eigenvalue weighted by molar-refractivity contribution is 4.86. The van der Waals surface area contributed by atoms with Crippen LogP contribution in [-0.2, 0) is 4.74 Å². The monoisotopic (exact) mass is 207 g/mol. The van der Waals surface area contributed by atoms with Gasteiger partial charge < -0.3 is 25.4 Å². The van der Waals surface area contributed by atoms with Gasteiger partial charge in [-0.15, -0.1) is 0 Å². The summed E-state index contributed by atoms with van der Waals surface area (Å²) in [6.07, 6.45) is -0.0243. The number of aliphatic hydroxyl groups excluding tert-OH is 3. The largest absolute Gasteiger partial charge is 0.394 e. The van der Waals surface area contributed by atoms with Crippen molar-refractivity contribution in [2.24, 2.45) is 0 Å². The number of methoxy groups -OCH3 is 1. The highest BCUT2D eigenvalue weighted by atomic mass is 16.5. The Labute approximate surface area is 84.7 Å². The Balaban J connectivity index is 3.92. The molecular formula is C9H21NO4. The van der Waals surface area contributed by atoms with Gasteiger partial charge in [-0.1, -0.05) is 6.92 Å². The van der Waals surface area contributed by atoms with Crippen LogP contribution < -0.4 is 5.32 Å². The van der Waals surface area contributed by atoms with E-state index < -0.39 is 11.6 Å². The fraction of sp³-hybridized carbons (Fsp3) is 1.00. The fourth-order valence-corrected chi connectivity index (χ4v) is 1.10. The van der Waals surface area contributed by atoms with Gasteiger partial charge in [0, 0.05) is 13.7 Å². The standard InChI is InChI=1S/C9H21NO4/c1-3-9(6-11,7-12)10-4-8(13)5-14-2/h8,10-13H,3-7H2,1-2H3. The van der Waals surface area contributed by atoms with Crippen LogP contribution in [0.2, 0.25) is 0 Å². The van der Waals surface area contributed by atoms with Crippen molar-refractivity contribution in [1.29, 1.82) is 0 Å². The van der Waals surface area contributed by atoms with E-state index in [0.29, 0.717) is 13.0 Å². The number of ether oxygens (including phenoxy) is 1. The van der Waals surface area contributed by atoms with E-state index in [0.717, 1.165) is 0 Å². The van der Waals surface area contributed by atoms with Crippen molar-refractivity contribution >= 4 is 0 Å². The number of hydrogen-bond acceptors (Lipinski definition) is 5. The molecule has 0 radical (unpaired) electrons. The lowest BCUT2D eigenvalue weighted by atomic mass is 9.98. The van der Waals surface area contributed by atoms with Crippen LogP contribution in [0.1, 0.15) is 13.3 Å². The van der Waals surface area contributed by atoms with E-state index in [4.69, 9.17) is 14.9 Å². The van der Waals surface area contributed by atoms with Gasteiger partial charge in [-0.3, -0.25) is 0 Å². The first-order chi connectivity index (χ1) is 6.64. The van der Waals surface area contributed by atoms with Crippen LogP contribution in [0.5, 0.6) is 0 Å². The SMILES string of the molecule is CCC(CO)(CO)NCC(O)COC. The van der Waals surface area contributed by atoms with Crippen LogP contribution in [-0.4, -0.2) is 60.4 Å². The summed E-state index contributed by atoms with van der Waals surface area (Å²) < 4.78 is 4.75. The van der Waals surface area contributed by atoms with Crippen molar-refractivity contribution in [3.8, 4) is 0 Å². The second-order valence-electron chi connectivity index (χ2n) is 3.44. The van der Waals surface area contributed by atoms with Gasteiger partial charge in [0.05, 0.1) is 31.5 Å². The molecule has 1 unspecified atom stereocenters. The van der Waals surface area contributed by atoms with Crippen LogP contribution >= 0.6 is 0 Å². The molecule has 0 aliphatic heterocycles. The number of nitrogens with one attached hydrogen (secondary N) is 1. The maximum atomic E-state index is 9.35. The maximum Gasteiger partial charge on any atom is 0.0897 e. The molecule has 0 aromatic rings. The van der Waals surface area contributed by atoms with E-state index in [1.807, 2.05) is 6.92 Å². The van der Waals surface area contributed by atoms with Crippen LogP contribution in [0.25, 0.3) is 0 Å². The van der Waals surface area contributed by atoms with E-state index in [2.05, 4.69) is 5.32 Å². The quantitative estimate of drug-likeness (QED) is 0.398. The number of rotatable bonds is 8. The Morgan fingerprint density at radius 2 is 1.93 bits per heavy atom. The molecule has 0 aromatic heterocycles. The van der Waals surface area contributed by atoms with Gasteiger partial charge in [0.15, 0.2) is 0 Å². The Kier molecular flexibility index (Phi) is 7.04. The highest BCUT2D eigenvalue weighted by Crippen LogP contribution is 2.07. The lowest BCUT2D eigenvalue weighted by molar-refractivity contribution is 0.0388. The van der Waals surface area contributed by atoms with Crippen molar-refractivity contribution in [3.63, 3.8) is 0 Å². The van der Waals surface area contributed by atoms with E-state index in [1.165, 1.54) is 7.11 Å². The molecule has 0 amide bonds. The third kappa shape index (κ3) is 4.34. The normalized spacial score (nSPS) is 14.4. The molecule has 0 aliphatic carbocycles. The van der Waals surface area contributed by atoms with Crippen LogP contribution in [0, 0.1) is 0 Å². The molecule has 86 valence electrons. The maximum absolute atomic E-state index is 9.35. The smallest absolute Gasteiger partial charge is 0.0897 e. The summed E-state index contributed by atoms with van der Waals surface area (Å²) >= 11 is 0. The summed E-state index contributed by atoms with van der Waals surface area (Å²) in [6.45, 7) is 2.09. The topological polar surface area (TPSA) is 82.0 Å². The van der Waals surface area contributed by atoms with Gasteiger partial charge in [-0.2, -0.15) is 0 Å². The molecule has 0 spiro atoms. The zero-order valence-corrected chi connectivity index (χ0v) is 8.86. The van der Waals surface area contributed by atoms with Gasteiger partial charge in [-0.25, -0.2) is 0 Å². The zero-order valence-electron chi connectivity index (χ0n) is 8.86. The molecule has 0 saturated heterocycles. The van der Waals surface area contributed by atoms with Crippen LogP contribution in [0.15, 0.2) is 0 Å².